The maximum atomic E-state index is 11.4. The summed E-state index contributed by atoms with van der Waals surface area (Å²) in [5.41, 5.74) is 11.9. The number of aromatic carboxylic acids is 4. The number of nitrogens with one attached hydrogen (secondary N) is 4. The molecule has 44 heteroatoms. The summed E-state index contributed by atoms with van der Waals surface area (Å²) in [6.07, 6.45) is 2.86. The molecule has 4 aromatic heterocycles. The lowest BCUT2D eigenvalue weighted by Crippen LogP contribution is -2.05. The van der Waals surface area contributed by atoms with Crippen LogP contribution < -0.4 is 27.0 Å². The number of hydrogen-bond acceptors (Lipinski definition) is 31. The van der Waals surface area contributed by atoms with Gasteiger partial charge in [-0.2, -0.15) is 54.7 Å². The van der Waals surface area contributed by atoms with Crippen LogP contribution in [0, 0.1) is 66.1 Å². The molecule has 0 aliphatic carbocycles. The molecule has 4 heterocycles. The van der Waals surface area contributed by atoms with Crippen molar-refractivity contribution in [2.24, 2.45) is 30.7 Å². The first kappa shape index (κ1) is 93.6. The minimum atomic E-state index is -3.67. The Labute approximate surface area is 655 Å². The predicted octanol–water partition coefficient (Wildman–Crippen LogP) is 13.5. The molecule has 10 rings (SSSR count). The van der Waals surface area contributed by atoms with Gasteiger partial charge < -0.3 is 47.4 Å². The molecular weight excluding hydrogens is 1590 g/mol. The average molecular weight is 1660 g/mol. The predicted molar refractivity (Wildman–Crippen MR) is 428 cm³/mol. The zero-order valence-corrected chi connectivity index (χ0v) is 63.9. The summed E-state index contributed by atoms with van der Waals surface area (Å²) in [5.74, 6) is -3.25. The van der Waals surface area contributed by atoms with Crippen LogP contribution in [0.15, 0.2) is 201 Å². The van der Waals surface area contributed by atoms with E-state index in [0.29, 0.717) is 63.6 Å². The third-order valence-corrected chi connectivity index (χ3v) is 14.6. The standard InChI is InChI=1S/C32H21N9O4S.C20H18N4.C13H8N4O4S.4CH4O3S.BH4/c1-18-25(17-34)28(35-22-8-4-2-5-9-22)37-29(36-23-10-6-3-7-11-23)27(18)40-41-30-21(16-33)15-26(46-30)39-38-24-13-19(31(42)43)12-20(14-24)32(44)45;1-14-15(2)19(22-16-9-5-3-6-10-16)24-20(18(14)13-21)23-17-11-7-4-8-12-17;14-5-8-4-10(22-11(8)15)17-16-9-2-6(12(18)19)1-7(3-9)13(20)21;4*1-5(2,3)4;/h2-15H,1H3,(H,42,43)(H,44,45)(H2,35,36,37);3-12H,1-2H3,(H2,22,23,24);1-4H,15H2,(H,18,19)(H,20,21);4*1H3,(H,2,3,4);1H4/q;;;;;;;-1. The van der Waals surface area contributed by atoms with Crippen LogP contribution in [-0.2, 0) is 40.5 Å². The number of thiophene rings is 2. The Hall–Kier alpha value is -13.6. The highest BCUT2D eigenvalue weighted by Crippen LogP contribution is 2.42. The average Bonchev–Trinajstić information content (AvgIpc) is 1.08. The Balaban J connectivity index is 0.000000414. The molecule has 0 radical (unpaired) electrons. The van der Waals surface area contributed by atoms with Crippen LogP contribution in [-0.4, -0.2) is 140 Å². The van der Waals surface area contributed by atoms with Crippen molar-refractivity contribution in [3.63, 3.8) is 0 Å². The molecule has 0 atom stereocenters. The van der Waals surface area contributed by atoms with Crippen molar-refractivity contribution in [1.82, 2.24) is 9.97 Å². The van der Waals surface area contributed by atoms with Crippen LogP contribution in [0.4, 0.5) is 83.1 Å². The molecular formula is C69H67BN17O20S6-. The zero-order chi connectivity index (χ0) is 83.8. The number of anilines is 9. The van der Waals surface area contributed by atoms with Gasteiger partial charge >= 0.3 is 23.9 Å². The van der Waals surface area contributed by atoms with Gasteiger partial charge in [0.05, 0.1) is 80.9 Å². The number of carboxylic acids is 4. The Morgan fingerprint density at radius 2 is 0.681 bits per heavy atom. The van der Waals surface area contributed by atoms with Crippen LogP contribution >= 0.6 is 22.7 Å². The van der Waals surface area contributed by atoms with E-state index < -0.39 is 64.3 Å². The molecule has 0 saturated carbocycles. The van der Waals surface area contributed by atoms with E-state index in [9.17, 15) is 78.8 Å². The zero-order valence-electron chi connectivity index (χ0n) is 59.0. The molecule has 6 aromatic carbocycles. The summed E-state index contributed by atoms with van der Waals surface area (Å²) in [6, 6.07) is 56.2. The number of carbonyl (C=O) groups is 4. The molecule has 0 bridgehead atoms. The lowest BCUT2D eigenvalue weighted by atomic mass is 10.1. The number of benzene rings is 6. The highest BCUT2D eigenvalue weighted by molar-refractivity contribution is 7.85. The highest BCUT2D eigenvalue weighted by atomic mass is 32.2. The monoisotopic (exact) mass is 1660 g/mol. The minimum Gasteiger partial charge on any atom is -0.478 e. The van der Waals surface area contributed by atoms with Crippen LogP contribution in [0.25, 0.3) is 0 Å². The van der Waals surface area contributed by atoms with E-state index >= 15 is 0 Å². The number of para-hydroxylation sites is 4. The molecule has 113 heavy (non-hydrogen) atoms. The number of nitrogens with two attached hydrogens (primary N) is 1. The van der Waals surface area contributed by atoms with Crippen molar-refractivity contribution in [3.8, 4) is 24.3 Å². The van der Waals surface area contributed by atoms with Crippen LogP contribution in [0.1, 0.15) is 80.4 Å². The first-order chi connectivity index (χ1) is 52.3. The van der Waals surface area contributed by atoms with Gasteiger partial charge in [-0.05, 0) is 129 Å². The van der Waals surface area contributed by atoms with Crippen LogP contribution in [0.2, 0.25) is 0 Å². The van der Waals surface area contributed by atoms with Crippen LogP contribution in [0.3, 0.4) is 0 Å². The quantitative estimate of drug-likeness (QED) is 0.0215. The molecule has 0 fully saturated rings. The summed E-state index contributed by atoms with van der Waals surface area (Å²) in [5, 5.41) is 113. The van der Waals surface area contributed by atoms with Gasteiger partial charge in [-0.15, -0.1) is 30.7 Å². The summed E-state index contributed by atoms with van der Waals surface area (Å²) < 4.78 is 103. The number of nitriles is 4. The third kappa shape index (κ3) is 35.1. The highest BCUT2D eigenvalue weighted by Gasteiger charge is 2.21. The van der Waals surface area contributed by atoms with Gasteiger partial charge in [0, 0.05) is 28.3 Å². The maximum absolute atomic E-state index is 11.4. The number of nitrogen functional groups attached to an aromatic ring is 1. The Bertz CT molecular complexity index is 5630. The van der Waals surface area contributed by atoms with Crippen molar-refractivity contribution >= 4 is 179 Å². The Morgan fingerprint density at radius 1 is 0.389 bits per heavy atom. The van der Waals surface area contributed by atoms with E-state index in [-0.39, 0.29) is 74.4 Å². The van der Waals surface area contributed by atoms with Crippen molar-refractivity contribution in [1.29, 1.82) is 21.0 Å². The number of aromatic nitrogens is 2. The number of hydrogen-bond donors (Lipinski definition) is 13. The van der Waals surface area contributed by atoms with Crippen molar-refractivity contribution in [2.75, 3.05) is 52.0 Å². The van der Waals surface area contributed by atoms with Gasteiger partial charge in [0.15, 0.2) is 22.5 Å². The lowest BCUT2D eigenvalue weighted by molar-refractivity contribution is 0.0676. The molecule has 0 aliphatic heterocycles. The lowest BCUT2D eigenvalue weighted by Gasteiger charge is -2.16. The number of azo groups is 3. The topological polar surface area (TPSA) is 636 Å². The fourth-order valence-electron chi connectivity index (χ4n) is 8.15. The fourth-order valence-corrected chi connectivity index (χ4v) is 9.60. The van der Waals surface area contributed by atoms with Gasteiger partial charge in [0.2, 0.25) is 0 Å². The SMILES string of the molecule is CS(=O)(=O)O.CS(=O)(=O)O.CS(=O)(=O)O.CS(=O)(=O)O.Cc1c(C#N)c(Nc2ccccc2)nc(Nc2ccccc2)c1N=Nc1sc(N=Nc2cc(C(=O)O)cc(C(=O)O)c2)cc1C#N.Cc1c(Nc2ccccc2)nc(Nc2ccccc2)c(C#N)c1C.N#Cc1cc(N=Nc2cc(C(=O)O)cc(C(=O)O)c2)sc1N.[BH4-]. The van der Waals surface area contributed by atoms with Gasteiger partial charge in [-0.3, -0.25) is 18.2 Å². The first-order valence-corrected chi connectivity index (χ1v) is 39.5. The van der Waals surface area contributed by atoms with Crippen LogP contribution in [0.5, 0.6) is 0 Å². The smallest absolute Gasteiger partial charge is 0.335 e. The molecule has 0 spiro atoms. The van der Waals surface area contributed by atoms with E-state index in [1.807, 2.05) is 147 Å². The number of pyridine rings is 2. The van der Waals surface area contributed by atoms with Gasteiger partial charge in [-0.25, -0.2) is 29.1 Å². The van der Waals surface area contributed by atoms with Crippen molar-refractivity contribution in [2.45, 2.75) is 20.8 Å². The van der Waals surface area contributed by atoms with E-state index in [2.05, 4.69) is 74.1 Å². The first-order valence-electron chi connectivity index (χ1n) is 30.5. The van der Waals surface area contributed by atoms with E-state index in [0.717, 1.165) is 74.5 Å². The molecule has 588 valence electrons. The fraction of sp³-hybridized carbons (Fsp3) is 0.101. The molecule has 10 aromatic rings. The van der Waals surface area contributed by atoms with Gasteiger partial charge in [0.1, 0.15) is 50.8 Å². The molecule has 0 aliphatic rings. The van der Waals surface area contributed by atoms with E-state index in [1.165, 1.54) is 36.4 Å². The number of carboxylic acid groups (broad SMARTS) is 4. The summed E-state index contributed by atoms with van der Waals surface area (Å²) >= 11 is 2.02. The second kappa shape index (κ2) is 43.5. The molecule has 37 nitrogen and oxygen atoms in total. The Kier molecular flexibility index (Phi) is 36.0. The third-order valence-electron chi connectivity index (χ3n) is 12.8. The molecule has 14 N–H and O–H groups in total. The summed E-state index contributed by atoms with van der Waals surface area (Å²) in [4.78, 5) is 54.1. The van der Waals surface area contributed by atoms with E-state index in [1.54, 1.807) is 6.92 Å². The number of rotatable bonds is 18. The second-order valence-corrected chi connectivity index (χ2v) is 29.9. The van der Waals surface area contributed by atoms with Gasteiger partial charge in [0.25, 0.3) is 40.5 Å². The van der Waals surface area contributed by atoms with Crippen molar-refractivity contribution in [3.05, 3.63) is 231 Å². The van der Waals surface area contributed by atoms with E-state index in [4.69, 9.17) is 39.4 Å². The maximum Gasteiger partial charge on any atom is 0.335 e. The van der Waals surface area contributed by atoms with Crippen molar-refractivity contribution < 1.29 is 91.5 Å². The molecule has 0 saturated heterocycles. The summed E-state index contributed by atoms with van der Waals surface area (Å²) in [7, 11) is -14.7. The number of nitrogens with zero attached hydrogens (tertiary/aromatic N) is 12. The largest absolute Gasteiger partial charge is 0.478 e. The molecule has 0 unspecified atom stereocenters. The summed E-state index contributed by atoms with van der Waals surface area (Å²) in [6.45, 7) is 5.64. The van der Waals surface area contributed by atoms with Gasteiger partial charge in [-0.1, -0.05) is 104 Å². The molecule has 0 amide bonds. The normalized spacial score (nSPS) is 10.6. The Morgan fingerprint density at radius 3 is 0.991 bits per heavy atom. The minimum absolute atomic E-state index is 0. The second-order valence-electron chi connectivity index (χ2n) is 22.0.